The molecule has 0 amide bonds. The normalized spacial score (nSPS) is 30.5. The molecule has 8 N–H and O–H groups in total. The first-order chi connectivity index (χ1) is 15.6. The molecule has 2 unspecified atom stereocenters. The molecule has 188 valence electrons. The van der Waals surface area contributed by atoms with E-state index in [0.717, 1.165) is 0 Å². The van der Waals surface area contributed by atoms with E-state index in [0.29, 0.717) is 5.69 Å². The lowest BCUT2D eigenvalue weighted by molar-refractivity contribution is -0.0748. The van der Waals surface area contributed by atoms with E-state index >= 15 is 0 Å². The van der Waals surface area contributed by atoms with Crippen molar-refractivity contribution in [2.75, 3.05) is 6.61 Å². The third kappa shape index (κ3) is 5.70. The molecule has 2 aliphatic heterocycles. The minimum absolute atomic E-state index is 0.00185. The van der Waals surface area contributed by atoms with Crippen molar-refractivity contribution in [1.29, 1.82) is 0 Å². The number of aliphatic hydroxyl groups excluding tert-OH is 1. The van der Waals surface area contributed by atoms with Gasteiger partial charge in [0.25, 0.3) is 0 Å². The van der Waals surface area contributed by atoms with Crippen LogP contribution >= 0.6 is 23.5 Å². The number of rotatable bonds is 8. The van der Waals surface area contributed by atoms with Crippen LogP contribution in [0.5, 0.6) is 0 Å². The molecule has 3 rings (SSSR count). The Morgan fingerprint density at radius 1 is 1.26 bits per heavy atom. The van der Waals surface area contributed by atoms with Gasteiger partial charge in [0.1, 0.15) is 24.2 Å². The SMILES string of the molecule is C#C[C@@]1(O)[C@H](O)[C@@H](COP(=O)(O)OP(=O)(O)OP(=O)(O)O)O[C@H]1n1cnc2c1CN=CN=C2N. The number of amidine groups is 1. The van der Waals surface area contributed by atoms with E-state index in [1.54, 1.807) is 0 Å². The topological polar surface area (TPSA) is 278 Å². The number of ether oxygens (including phenoxy) is 1. The van der Waals surface area contributed by atoms with Crippen molar-refractivity contribution in [3.8, 4) is 12.3 Å². The quantitative estimate of drug-likeness (QED) is 0.139. The number of fused-ring (bicyclic) bond motifs is 1. The maximum Gasteiger partial charge on any atom is 0.490 e. The van der Waals surface area contributed by atoms with Gasteiger partial charge in [0, 0.05) is 0 Å². The van der Waals surface area contributed by atoms with Crippen LogP contribution in [0.2, 0.25) is 0 Å². The minimum Gasteiger partial charge on any atom is -0.386 e. The van der Waals surface area contributed by atoms with Gasteiger partial charge in [0.05, 0.1) is 25.2 Å². The average Bonchev–Trinajstić information content (AvgIpc) is 3.14. The van der Waals surface area contributed by atoms with Crippen LogP contribution in [0.4, 0.5) is 0 Å². The predicted octanol–water partition coefficient (Wildman–Crippen LogP) is -1.90. The van der Waals surface area contributed by atoms with Crippen LogP contribution in [0.15, 0.2) is 16.3 Å². The van der Waals surface area contributed by atoms with Crippen LogP contribution in [0.1, 0.15) is 17.6 Å². The highest BCUT2D eigenvalue weighted by Gasteiger charge is 2.56. The van der Waals surface area contributed by atoms with Gasteiger partial charge in [-0.3, -0.25) is 9.52 Å². The molecule has 0 saturated carbocycles. The van der Waals surface area contributed by atoms with Crippen LogP contribution < -0.4 is 5.73 Å². The average molecular weight is 545 g/mol. The van der Waals surface area contributed by atoms with Gasteiger partial charge in [-0.15, -0.1) is 6.42 Å². The highest BCUT2D eigenvalue weighted by molar-refractivity contribution is 7.66. The van der Waals surface area contributed by atoms with Crippen molar-refractivity contribution in [3.05, 3.63) is 17.7 Å². The van der Waals surface area contributed by atoms with E-state index in [1.165, 1.54) is 17.2 Å². The van der Waals surface area contributed by atoms with Crippen LogP contribution in [-0.2, 0) is 38.1 Å². The monoisotopic (exact) mass is 545 g/mol. The zero-order valence-electron chi connectivity index (χ0n) is 16.6. The number of imidazole rings is 1. The molecule has 0 radical (unpaired) electrons. The molecule has 0 spiro atoms. The molecule has 1 aromatic heterocycles. The molecule has 1 fully saturated rings. The molecule has 1 saturated heterocycles. The Morgan fingerprint density at radius 2 is 1.94 bits per heavy atom. The molecule has 0 aromatic carbocycles. The summed E-state index contributed by atoms with van der Waals surface area (Å²) in [6.45, 7) is -1.06. The largest absolute Gasteiger partial charge is 0.490 e. The zero-order valence-corrected chi connectivity index (χ0v) is 19.3. The summed E-state index contributed by atoms with van der Waals surface area (Å²) in [6, 6.07) is 0. The van der Waals surface area contributed by atoms with Crippen molar-refractivity contribution < 1.29 is 61.4 Å². The van der Waals surface area contributed by atoms with E-state index in [4.69, 9.17) is 26.7 Å². The van der Waals surface area contributed by atoms with Gasteiger partial charge in [-0.2, -0.15) is 8.62 Å². The molecule has 0 aliphatic carbocycles. The van der Waals surface area contributed by atoms with E-state index in [2.05, 4.69) is 28.1 Å². The standard InChI is InChI=1S/C13H18N5O13P3/c1-2-13(20)10(19)8(4-28-33(24,25)31-34(26,27)30-32(21,22)23)29-12(13)18-6-17-9-7(18)3-15-5-16-11(9)14/h1,5-6,8,10,12,19-20H,3-4H2,(H,24,25)(H,26,27)(H2,14,15,16)(H2,21,22,23)/t8-,10-,12-,13-/m1/s1. The Hall–Kier alpha value is -1.80. The summed E-state index contributed by atoms with van der Waals surface area (Å²) in [5.41, 5.74) is 3.86. The summed E-state index contributed by atoms with van der Waals surface area (Å²) in [5, 5.41) is 21.4. The maximum atomic E-state index is 11.9. The van der Waals surface area contributed by atoms with E-state index in [1.807, 2.05) is 5.92 Å². The number of hydrogen-bond acceptors (Lipinski definition) is 13. The van der Waals surface area contributed by atoms with Crippen molar-refractivity contribution in [2.24, 2.45) is 15.7 Å². The summed E-state index contributed by atoms with van der Waals surface area (Å²) in [6.07, 6.45) is 2.68. The number of nitrogens with zero attached hydrogens (tertiary/aromatic N) is 4. The van der Waals surface area contributed by atoms with Crippen molar-refractivity contribution in [3.63, 3.8) is 0 Å². The van der Waals surface area contributed by atoms with Crippen LogP contribution in [-0.4, -0.2) is 75.9 Å². The number of aliphatic hydroxyl groups is 2. The number of terminal acetylenes is 1. The Bertz CT molecular complexity index is 1200. The molecule has 0 bridgehead atoms. The fourth-order valence-electron chi connectivity index (χ4n) is 3.06. The molecule has 34 heavy (non-hydrogen) atoms. The lowest BCUT2D eigenvalue weighted by Gasteiger charge is -2.27. The van der Waals surface area contributed by atoms with Crippen molar-refractivity contribution in [2.45, 2.75) is 30.6 Å². The van der Waals surface area contributed by atoms with E-state index in [9.17, 15) is 33.7 Å². The summed E-state index contributed by atoms with van der Waals surface area (Å²) in [4.78, 5) is 47.7. The highest BCUT2D eigenvalue weighted by atomic mass is 31.3. The van der Waals surface area contributed by atoms with Crippen molar-refractivity contribution >= 4 is 35.6 Å². The van der Waals surface area contributed by atoms with E-state index < -0.39 is 54.1 Å². The minimum atomic E-state index is -5.75. The third-order valence-electron chi connectivity index (χ3n) is 4.44. The molecule has 18 nitrogen and oxygen atoms in total. The van der Waals surface area contributed by atoms with Gasteiger partial charge in [0.15, 0.2) is 17.7 Å². The second-order valence-electron chi connectivity index (χ2n) is 6.75. The molecule has 6 atom stereocenters. The molecule has 2 aliphatic rings. The van der Waals surface area contributed by atoms with Crippen LogP contribution in [0, 0.1) is 12.3 Å². The first-order valence-corrected chi connectivity index (χ1v) is 13.3. The van der Waals surface area contributed by atoms with Gasteiger partial charge in [-0.1, -0.05) is 5.92 Å². The second-order valence-corrected chi connectivity index (χ2v) is 11.2. The molecule has 3 heterocycles. The fourth-order valence-corrected chi connectivity index (χ4v) is 6.09. The Kier molecular flexibility index (Phi) is 7.36. The Morgan fingerprint density at radius 3 is 2.56 bits per heavy atom. The lowest BCUT2D eigenvalue weighted by atomic mass is 9.95. The highest BCUT2D eigenvalue weighted by Crippen LogP contribution is 2.66. The van der Waals surface area contributed by atoms with Gasteiger partial charge >= 0.3 is 23.5 Å². The fraction of sp³-hybridized carbons (Fsp3) is 0.462. The summed E-state index contributed by atoms with van der Waals surface area (Å²) >= 11 is 0. The number of aromatic nitrogens is 2. The first kappa shape index (κ1) is 26.8. The van der Waals surface area contributed by atoms with Crippen LogP contribution in [0.25, 0.3) is 0 Å². The Labute approximate surface area is 190 Å². The molecular weight excluding hydrogens is 527 g/mol. The van der Waals surface area contributed by atoms with E-state index in [-0.39, 0.29) is 18.1 Å². The summed E-state index contributed by atoms with van der Waals surface area (Å²) < 4.78 is 52.4. The third-order valence-corrected chi connectivity index (χ3v) is 8.25. The first-order valence-electron chi connectivity index (χ1n) is 8.78. The number of hydrogen-bond donors (Lipinski definition) is 7. The van der Waals surface area contributed by atoms with Crippen molar-refractivity contribution in [1.82, 2.24) is 9.55 Å². The molecular formula is C13H18N5O13P3. The lowest BCUT2D eigenvalue weighted by Crippen LogP contribution is -2.46. The van der Waals surface area contributed by atoms with Gasteiger partial charge in [-0.05, 0) is 0 Å². The molecule has 21 heteroatoms. The van der Waals surface area contributed by atoms with Crippen LogP contribution in [0.3, 0.4) is 0 Å². The zero-order chi connectivity index (χ0) is 25.5. The number of phosphoric acid groups is 3. The van der Waals surface area contributed by atoms with Gasteiger partial charge in [-0.25, -0.2) is 23.7 Å². The second kappa shape index (κ2) is 9.34. The smallest absolute Gasteiger partial charge is 0.386 e. The van der Waals surface area contributed by atoms with Gasteiger partial charge in [0.2, 0.25) is 0 Å². The van der Waals surface area contributed by atoms with Gasteiger partial charge < -0.3 is 44.8 Å². The Balaban J connectivity index is 1.79. The predicted molar refractivity (Wildman–Crippen MR) is 109 cm³/mol. The summed E-state index contributed by atoms with van der Waals surface area (Å²) in [5.74, 6) is 1.98. The maximum absolute atomic E-state index is 11.9. The molecule has 1 aromatic rings. The number of phosphoric ester groups is 1. The summed E-state index contributed by atoms with van der Waals surface area (Å²) in [7, 11) is -16.9. The number of aliphatic imine (C=N–C) groups is 2. The number of nitrogens with two attached hydrogens (primary N) is 1.